The Morgan fingerprint density at radius 3 is 2.27 bits per heavy atom. The van der Waals surface area contributed by atoms with Crippen LogP contribution in [0.3, 0.4) is 0 Å². The average molecular weight is 331 g/mol. The largest absolute Gasteiger partial charge is 0.381 e. The highest BCUT2D eigenvalue weighted by Crippen LogP contribution is 2.32. The normalized spacial score (nSPS) is 10.6. The molecule has 0 aliphatic rings. The van der Waals surface area contributed by atoms with Gasteiger partial charge in [-0.1, -0.05) is 28.1 Å². The molecule has 15 heavy (non-hydrogen) atoms. The van der Waals surface area contributed by atoms with Crippen molar-refractivity contribution in [3.63, 3.8) is 0 Å². The van der Waals surface area contributed by atoms with Gasteiger partial charge in [-0.05, 0) is 28.1 Å². The van der Waals surface area contributed by atoms with E-state index in [4.69, 9.17) is 5.73 Å². The summed E-state index contributed by atoms with van der Waals surface area (Å²) in [5.41, 5.74) is 7.79. The number of hydrogen-bond donors (Lipinski definition) is 1. The van der Waals surface area contributed by atoms with E-state index in [0.717, 1.165) is 20.2 Å². The Hall–Kier alpha value is -0.810. The second-order valence-corrected chi connectivity index (χ2v) is 4.89. The molecule has 1 aromatic heterocycles. The molecule has 2 aromatic rings. The second-order valence-electron chi connectivity index (χ2n) is 3.18. The van der Waals surface area contributed by atoms with Gasteiger partial charge in [0.05, 0.1) is 10.2 Å². The van der Waals surface area contributed by atoms with Crippen molar-refractivity contribution < 1.29 is 0 Å². The molecule has 0 saturated heterocycles. The standard InChI is InChI=1S/C10H9Br2N3/c1-15-9(8(12)10(13)14-15)6-2-4-7(11)5-3-6/h2-5H,1H3,(H2,13,14). The van der Waals surface area contributed by atoms with Crippen molar-refractivity contribution in [3.05, 3.63) is 33.2 Å². The Kier molecular flexibility index (Phi) is 2.84. The lowest BCUT2D eigenvalue weighted by atomic mass is 10.1. The Morgan fingerprint density at radius 2 is 1.80 bits per heavy atom. The van der Waals surface area contributed by atoms with E-state index in [2.05, 4.69) is 37.0 Å². The van der Waals surface area contributed by atoms with Gasteiger partial charge in [-0.3, -0.25) is 4.68 Å². The lowest BCUT2D eigenvalue weighted by Gasteiger charge is -2.02. The molecule has 3 nitrogen and oxygen atoms in total. The second kappa shape index (κ2) is 3.98. The van der Waals surface area contributed by atoms with Crippen molar-refractivity contribution >= 4 is 37.7 Å². The molecule has 0 fully saturated rings. The number of anilines is 1. The topological polar surface area (TPSA) is 43.8 Å². The van der Waals surface area contributed by atoms with E-state index in [1.807, 2.05) is 31.3 Å². The molecule has 1 heterocycles. The van der Waals surface area contributed by atoms with Crippen LogP contribution in [0.5, 0.6) is 0 Å². The molecule has 0 atom stereocenters. The van der Waals surface area contributed by atoms with Crippen molar-refractivity contribution in [1.82, 2.24) is 9.78 Å². The minimum atomic E-state index is 0.510. The Morgan fingerprint density at radius 1 is 1.20 bits per heavy atom. The van der Waals surface area contributed by atoms with E-state index >= 15 is 0 Å². The predicted molar refractivity (Wildman–Crippen MR) is 68.5 cm³/mol. The molecule has 0 radical (unpaired) electrons. The maximum absolute atomic E-state index is 5.72. The fourth-order valence-corrected chi connectivity index (χ4v) is 2.27. The Labute approximate surface area is 105 Å². The number of nitrogens with zero attached hydrogens (tertiary/aromatic N) is 2. The van der Waals surface area contributed by atoms with Gasteiger partial charge >= 0.3 is 0 Å². The van der Waals surface area contributed by atoms with Crippen LogP contribution in [-0.4, -0.2) is 9.78 Å². The zero-order valence-electron chi connectivity index (χ0n) is 8.04. The molecule has 78 valence electrons. The van der Waals surface area contributed by atoms with Gasteiger partial charge < -0.3 is 5.73 Å². The molecule has 0 bridgehead atoms. The van der Waals surface area contributed by atoms with E-state index in [1.165, 1.54) is 0 Å². The lowest BCUT2D eigenvalue weighted by Crippen LogP contribution is -1.94. The van der Waals surface area contributed by atoms with Gasteiger partial charge in [0, 0.05) is 17.1 Å². The van der Waals surface area contributed by atoms with Crippen molar-refractivity contribution in [2.45, 2.75) is 0 Å². The maximum Gasteiger partial charge on any atom is 0.160 e. The highest BCUT2D eigenvalue weighted by atomic mass is 79.9. The zero-order chi connectivity index (χ0) is 11.0. The molecule has 0 aliphatic carbocycles. The van der Waals surface area contributed by atoms with Crippen LogP contribution in [0.15, 0.2) is 33.2 Å². The maximum atomic E-state index is 5.72. The number of aryl methyl sites for hydroxylation is 1. The number of aromatic nitrogens is 2. The molecular weight excluding hydrogens is 322 g/mol. The molecule has 2 N–H and O–H groups in total. The summed E-state index contributed by atoms with van der Waals surface area (Å²) in [5, 5.41) is 4.15. The summed E-state index contributed by atoms with van der Waals surface area (Å²) < 4.78 is 3.66. The van der Waals surface area contributed by atoms with Gasteiger partial charge in [-0.2, -0.15) is 5.10 Å². The molecule has 0 unspecified atom stereocenters. The lowest BCUT2D eigenvalue weighted by molar-refractivity contribution is 0.780. The third-order valence-corrected chi connectivity index (χ3v) is 3.44. The number of halogens is 2. The van der Waals surface area contributed by atoms with E-state index in [-0.39, 0.29) is 0 Å². The van der Waals surface area contributed by atoms with Crippen LogP contribution in [0.25, 0.3) is 11.3 Å². The summed E-state index contributed by atoms with van der Waals surface area (Å²) in [5.74, 6) is 0.510. The average Bonchev–Trinajstić information content (AvgIpc) is 2.44. The van der Waals surface area contributed by atoms with Crippen LogP contribution in [-0.2, 0) is 7.05 Å². The summed E-state index contributed by atoms with van der Waals surface area (Å²) in [7, 11) is 1.87. The van der Waals surface area contributed by atoms with Gasteiger partial charge in [0.25, 0.3) is 0 Å². The third kappa shape index (κ3) is 1.94. The van der Waals surface area contributed by atoms with Crippen LogP contribution >= 0.6 is 31.9 Å². The summed E-state index contributed by atoms with van der Waals surface area (Å²) in [6, 6.07) is 8.02. The van der Waals surface area contributed by atoms with E-state index in [9.17, 15) is 0 Å². The van der Waals surface area contributed by atoms with Crippen molar-refractivity contribution in [3.8, 4) is 11.3 Å². The van der Waals surface area contributed by atoms with E-state index < -0.39 is 0 Å². The zero-order valence-corrected chi connectivity index (χ0v) is 11.2. The van der Waals surface area contributed by atoms with Crippen LogP contribution in [0.1, 0.15) is 0 Å². The van der Waals surface area contributed by atoms with Gasteiger partial charge in [0.1, 0.15) is 0 Å². The predicted octanol–water partition coefficient (Wildman–Crippen LogP) is 3.19. The smallest absolute Gasteiger partial charge is 0.160 e. The van der Waals surface area contributed by atoms with Crippen molar-refractivity contribution in [2.24, 2.45) is 7.05 Å². The first-order valence-corrected chi connectivity index (χ1v) is 5.92. The first-order chi connectivity index (χ1) is 7.09. The molecule has 0 aliphatic heterocycles. The van der Waals surface area contributed by atoms with E-state index in [0.29, 0.717) is 5.82 Å². The highest BCUT2D eigenvalue weighted by molar-refractivity contribution is 9.11. The quantitative estimate of drug-likeness (QED) is 0.872. The molecular formula is C10H9Br2N3. The van der Waals surface area contributed by atoms with Crippen LogP contribution in [0.4, 0.5) is 5.82 Å². The summed E-state index contributed by atoms with van der Waals surface area (Å²) >= 11 is 6.84. The number of benzene rings is 1. The summed E-state index contributed by atoms with van der Waals surface area (Å²) in [4.78, 5) is 0. The third-order valence-electron chi connectivity index (χ3n) is 2.13. The number of hydrogen-bond acceptors (Lipinski definition) is 2. The van der Waals surface area contributed by atoms with Gasteiger partial charge in [-0.15, -0.1) is 0 Å². The number of nitrogen functional groups attached to an aromatic ring is 1. The number of nitrogens with two attached hydrogens (primary N) is 1. The van der Waals surface area contributed by atoms with Crippen LogP contribution < -0.4 is 5.73 Å². The van der Waals surface area contributed by atoms with Gasteiger partial charge in [0.15, 0.2) is 5.82 Å². The molecule has 0 saturated carbocycles. The molecule has 0 amide bonds. The summed E-state index contributed by atoms with van der Waals surface area (Å²) in [6.45, 7) is 0. The van der Waals surface area contributed by atoms with E-state index in [1.54, 1.807) is 4.68 Å². The molecule has 1 aromatic carbocycles. The minimum absolute atomic E-state index is 0.510. The van der Waals surface area contributed by atoms with Crippen LogP contribution in [0.2, 0.25) is 0 Å². The molecule has 5 heteroatoms. The first kappa shape index (κ1) is 10.7. The highest BCUT2D eigenvalue weighted by Gasteiger charge is 2.12. The first-order valence-electron chi connectivity index (χ1n) is 4.33. The van der Waals surface area contributed by atoms with Crippen LogP contribution in [0, 0.1) is 0 Å². The molecule has 2 rings (SSSR count). The minimum Gasteiger partial charge on any atom is -0.381 e. The van der Waals surface area contributed by atoms with Gasteiger partial charge in [-0.25, -0.2) is 0 Å². The Balaban J connectivity index is 2.58. The van der Waals surface area contributed by atoms with Gasteiger partial charge in [0.2, 0.25) is 0 Å². The number of rotatable bonds is 1. The summed E-state index contributed by atoms with van der Waals surface area (Å²) in [6.07, 6.45) is 0. The SMILES string of the molecule is Cn1nc(N)c(Br)c1-c1ccc(Br)cc1. The molecule has 0 spiro atoms. The monoisotopic (exact) mass is 329 g/mol. The van der Waals surface area contributed by atoms with Crippen molar-refractivity contribution in [1.29, 1.82) is 0 Å². The fraction of sp³-hybridized carbons (Fsp3) is 0.100. The Bertz CT molecular complexity index is 488. The fourth-order valence-electron chi connectivity index (χ4n) is 1.44. The van der Waals surface area contributed by atoms with Crippen molar-refractivity contribution in [2.75, 3.05) is 5.73 Å².